The van der Waals surface area contributed by atoms with E-state index in [1.165, 1.54) is 0 Å². The van der Waals surface area contributed by atoms with Crippen molar-refractivity contribution in [1.29, 1.82) is 0 Å². The molecule has 0 aliphatic carbocycles. The summed E-state index contributed by atoms with van der Waals surface area (Å²) in [6.07, 6.45) is 0. The summed E-state index contributed by atoms with van der Waals surface area (Å²) in [6, 6.07) is -0.250. The van der Waals surface area contributed by atoms with Gasteiger partial charge >= 0.3 is 0 Å². The lowest BCUT2D eigenvalue weighted by Gasteiger charge is -2.03. The molecule has 0 bridgehead atoms. The van der Waals surface area contributed by atoms with Gasteiger partial charge in [-0.3, -0.25) is 0 Å². The van der Waals surface area contributed by atoms with Gasteiger partial charge in [0, 0.05) is 0 Å². The van der Waals surface area contributed by atoms with Gasteiger partial charge in [-0.1, -0.05) is 34.8 Å². The second-order valence-corrected chi connectivity index (χ2v) is 3.59. The molecule has 0 fully saturated rings. The molecule has 0 saturated carbocycles. The molecule has 1 nitrogen and oxygen atoms in total. The van der Waals surface area contributed by atoms with Crippen LogP contribution in [0.5, 0.6) is 0 Å². The van der Waals surface area contributed by atoms with Gasteiger partial charge in [0.2, 0.25) is 5.97 Å². The Kier molecular flexibility index (Phi) is 4.14. The zero-order valence-corrected chi connectivity index (χ0v) is 7.07. The topological polar surface area (TPSA) is 12.4 Å². The SMILES string of the molecule is F/C(=N\CCl)C(Cl)(Cl)Cl. The second kappa shape index (κ2) is 3.81. The molecule has 0 amide bonds. The van der Waals surface area contributed by atoms with Gasteiger partial charge in [0.15, 0.2) is 0 Å². The van der Waals surface area contributed by atoms with Crippen LogP contribution in [0.25, 0.3) is 0 Å². The zero-order chi connectivity index (χ0) is 7.49. The average molecular weight is 213 g/mol. The number of rotatable bonds is 1. The van der Waals surface area contributed by atoms with Crippen molar-refractivity contribution >= 4 is 52.4 Å². The third kappa shape index (κ3) is 4.20. The molecule has 0 unspecified atom stereocenters. The monoisotopic (exact) mass is 211 g/mol. The molecule has 0 heterocycles. The highest BCUT2D eigenvalue weighted by molar-refractivity contribution is 6.76. The summed E-state index contributed by atoms with van der Waals surface area (Å²) in [5, 5.41) is 0. The molecule has 0 rings (SSSR count). The fourth-order valence-electron chi connectivity index (χ4n) is 0.142. The zero-order valence-electron chi connectivity index (χ0n) is 4.04. The number of halogens is 5. The Morgan fingerprint density at radius 2 is 1.89 bits per heavy atom. The van der Waals surface area contributed by atoms with Crippen molar-refractivity contribution in [2.24, 2.45) is 4.99 Å². The van der Waals surface area contributed by atoms with Gasteiger partial charge in [-0.25, -0.2) is 4.99 Å². The van der Waals surface area contributed by atoms with Crippen LogP contribution in [-0.4, -0.2) is 15.8 Å². The Labute approximate surface area is 71.7 Å². The van der Waals surface area contributed by atoms with Crippen LogP contribution < -0.4 is 0 Å². The van der Waals surface area contributed by atoms with E-state index in [9.17, 15) is 4.39 Å². The summed E-state index contributed by atoms with van der Waals surface area (Å²) in [5.41, 5.74) is 0. The Morgan fingerprint density at radius 3 is 2.00 bits per heavy atom. The molecule has 54 valence electrons. The maximum absolute atomic E-state index is 12.2. The number of nitrogens with zero attached hydrogens (tertiary/aromatic N) is 1. The van der Waals surface area contributed by atoms with Gasteiger partial charge < -0.3 is 0 Å². The quantitative estimate of drug-likeness (QED) is 0.360. The Morgan fingerprint density at radius 1 is 1.44 bits per heavy atom. The van der Waals surface area contributed by atoms with Gasteiger partial charge in [0.25, 0.3) is 3.79 Å². The molecule has 0 N–H and O–H groups in total. The highest BCUT2D eigenvalue weighted by atomic mass is 35.6. The lowest BCUT2D eigenvalue weighted by Crippen LogP contribution is -2.13. The van der Waals surface area contributed by atoms with Gasteiger partial charge in [-0.05, 0) is 0 Å². The van der Waals surface area contributed by atoms with E-state index in [0.717, 1.165) is 0 Å². The van der Waals surface area contributed by atoms with Crippen molar-refractivity contribution in [3.8, 4) is 0 Å². The first-order chi connectivity index (χ1) is 3.98. The van der Waals surface area contributed by atoms with Crippen molar-refractivity contribution in [2.75, 3.05) is 6.00 Å². The molecule has 9 heavy (non-hydrogen) atoms. The highest BCUT2D eigenvalue weighted by Gasteiger charge is 2.27. The first-order valence-corrected chi connectivity index (χ1v) is 3.48. The minimum atomic E-state index is -2.07. The van der Waals surface area contributed by atoms with Crippen molar-refractivity contribution in [3.63, 3.8) is 0 Å². The first kappa shape index (κ1) is 9.76. The van der Waals surface area contributed by atoms with Crippen LogP contribution in [0.15, 0.2) is 4.99 Å². The lowest BCUT2D eigenvalue weighted by atomic mass is 10.8. The molecule has 0 aliphatic rings. The summed E-state index contributed by atoms with van der Waals surface area (Å²) in [5.74, 6) is -1.09. The predicted molar refractivity (Wildman–Crippen MR) is 39.6 cm³/mol. The maximum Gasteiger partial charge on any atom is 0.259 e. The Balaban J connectivity index is 4.03. The molecule has 0 aromatic heterocycles. The van der Waals surface area contributed by atoms with Gasteiger partial charge in [-0.2, -0.15) is 4.39 Å². The number of aliphatic imine (C=N–C) groups is 1. The van der Waals surface area contributed by atoms with E-state index in [1.807, 2.05) is 0 Å². The van der Waals surface area contributed by atoms with E-state index in [-0.39, 0.29) is 6.00 Å². The number of hydrogen-bond donors (Lipinski definition) is 0. The molecular weight excluding hydrogens is 211 g/mol. The lowest BCUT2D eigenvalue weighted by molar-refractivity contribution is 0.779. The molecule has 6 heteroatoms. The minimum Gasteiger partial charge on any atom is -0.242 e. The van der Waals surface area contributed by atoms with Gasteiger partial charge in [-0.15, -0.1) is 11.6 Å². The Hall–Kier alpha value is 0.760. The fraction of sp³-hybridized carbons (Fsp3) is 0.667. The fourth-order valence-corrected chi connectivity index (χ4v) is 0.426. The van der Waals surface area contributed by atoms with Crippen LogP contribution in [0.4, 0.5) is 4.39 Å². The van der Waals surface area contributed by atoms with Crippen LogP contribution in [0.2, 0.25) is 0 Å². The third-order valence-corrected chi connectivity index (χ3v) is 1.02. The summed E-state index contributed by atoms with van der Waals surface area (Å²) in [4.78, 5) is 3.02. The van der Waals surface area contributed by atoms with Crippen LogP contribution in [0, 0.1) is 0 Å². The highest BCUT2D eigenvalue weighted by Crippen LogP contribution is 2.28. The second-order valence-electron chi connectivity index (χ2n) is 1.07. The van der Waals surface area contributed by atoms with Crippen molar-refractivity contribution in [1.82, 2.24) is 0 Å². The molecule has 0 aliphatic heterocycles. The standard InChI is InChI=1S/C3H2Cl4FN/c4-1-9-2(8)3(5,6)7/h1H2/b9-2-. The van der Waals surface area contributed by atoms with E-state index in [0.29, 0.717) is 0 Å². The smallest absolute Gasteiger partial charge is 0.242 e. The van der Waals surface area contributed by atoms with E-state index in [1.54, 1.807) is 0 Å². The summed E-state index contributed by atoms with van der Waals surface area (Å²) in [6.45, 7) is 0. The molecule has 0 radical (unpaired) electrons. The first-order valence-electron chi connectivity index (χ1n) is 1.81. The third-order valence-electron chi connectivity index (χ3n) is 0.432. The predicted octanol–water partition coefficient (Wildman–Crippen LogP) is 2.92. The molecular formula is C3H2Cl4FN. The van der Waals surface area contributed by atoms with Crippen molar-refractivity contribution < 1.29 is 4.39 Å². The van der Waals surface area contributed by atoms with Crippen molar-refractivity contribution in [3.05, 3.63) is 0 Å². The maximum atomic E-state index is 12.2. The van der Waals surface area contributed by atoms with Gasteiger partial charge in [0.1, 0.15) is 6.00 Å². The summed E-state index contributed by atoms with van der Waals surface area (Å²) >= 11 is 20.1. The molecule has 0 spiro atoms. The van der Waals surface area contributed by atoms with E-state index < -0.39 is 9.76 Å². The van der Waals surface area contributed by atoms with Crippen LogP contribution in [-0.2, 0) is 0 Å². The van der Waals surface area contributed by atoms with Crippen LogP contribution in [0.3, 0.4) is 0 Å². The van der Waals surface area contributed by atoms with E-state index in [2.05, 4.69) is 4.99 Å². The molecule has 0 aromatic carbocycles. The normalized spacial score (nSPS) is 14.1. The summed E-state index contributed by atoms with van der Waals surface area (Å²) in [7, 11) is 0. The largest absolute Gasteiger partial charge is 0.259 e. The number of alkyl halides is 4. The van der Waals surface area contributed by atoms with Crippen LogP contribution in [0.1, 0.15) is 0 Å². The summed E-state index contributed by atoms with van der Waals surface area (Å²) < 4.78 is 10.1. The Bertz CT molecular complexity index is 117. The number of hydrogen-bond acceptors (Lipinski definition) is 1. The molecule has 0 aromatic rings. The molecule has 0 saturated heterocycles. The van der Waals surface area contributed by atoms with Crippen molar-refractivity contribution in [2.45, 2.75) is 3.79 Å². The van der Waals surface area contributed by atoms with E-state index >= 15 is 0 Å². The average Bonchev–Trinajstić information content (AvgIpc) is 1.64. The van der Waals surface area contributed by atoms with Crippen LogP contribution >= 0.6 is 46.4 Å². The molecule has 0 atom stereocenters. The minimum absolute atomic E-state index is 0.250. The van der Waals surface area contributed by atoms with Gasteiger partial charge in [0.05, 0.1) is 0 Å². The van der Waals surface area contributed by atoms with E-state index in [4.69, 9.17) is 46.4 Å².